The van der Waals surface area contributed by atoms with E-state index in [1.807, 2.05) is 30.3 Å². The molecule has 0 unspecified atom stereocenters. The van der Waals surface area contributed by atoms with Gasteiger partial charge in [0.05, 0.1) is 10.9 Å². The van der Waals surface area contributed by atoms with E-state index in [0.29, 0.717) is 9.93 Å². The molecule has 2 aliphatic heterocycles. The minimum Gasteiger partial charge on any atom is -0.348 e. The molecule has 3 aromatic rings. The third kappa shape index (κ3) is 5.06. The van der Waals surface area contributed by atoms with E-state index in [1.165, 1.54) is 22.9 Å². The SMILES string of the molecule is O=C1N=C(N2CCN(C(c3ccccc3)c3ccccc3)CC2)S/C1=C\c1ccc(Cl)cc1. The summed E-state index contributed by atoms with van der Waals surface area (Å²) in [7, 11) is 0. The van der Waals surface area contributed by atoms with Crippen molar-refractivity contribution in [3.05, 3.63) is 112 Å². The Labute approximate surface area is 203 Å². The van der Waals surface area contributed by atoms with Crippen molar-refractivity contribution in [1.82, 2.24) is 9.80 Å². The highest BCUT2D eigenvalue weighted by atomic mass is 35.5. The zero-order valence-corrected chi connectivity index (χ0v) is 19.7. The van der Waals surface area contributed by atoms with Crippen LogP contribution in [0.15, 0.2) is 94.8 Å². The summed E-state index contributed by atoms with van der Waals surface area (Å²) in [4.78, 5) is 22.3. The summed E-state index contributed by atoms with van der Waals surface area (Å²) in [5.41, 5.74) is 3.55. The predicted octanol–water partition coefficient (Wildman–Crippen LogP) is 5.72. The summed E-state index contributed by atoms with van der Waals surface area (Å²) in [5.74, 6) is -0.168. The smallest absolute Gasteiger partial charge is 0.286 e. The van der Waals surface area contributed by atoms with Gasteiger partial charge in [-0.1, -0.05) is 84.4 Å². The Hall–Kier alpha value is -2.86. The van der Waals surface area contributed by atoms with Crippen LogP contribution < -0.4 is 0 Å². The molecule has 1 amide bonds. The van der Waals surface area contributed by atoms with Gasteiger partial charge in [0, 0.05) is 31.2 Å². The first-order valence-electron chi connectivity index (χ1n) is 11.0. The molecule has 2 aliphatic rings. The molecule has 0 bridgehead atoms. The molecule has 6 heteroatoms. The van der Waals surface area contributed by atoms with Crippen molar-refractivity contribution in [1.29, 1.82) is 0 Å². The summed E-state index contributed by atoms with van der Waals surface area (Å²) in [6.07, 6.45) is 1.89. The molecule has 0 N–H and O–H groups in total. The Morgan fingerprint density at radius 1 is 0.818 bits per heavy atom. The highest BCUT2D eigenvalue weighted by Gasteiger charge is 2.31. The molecule has 0 saturated carbocycles. The number of rotatable bonds is 4. The number of piperazine rings is 1. The summed E-state index contributed by atoms with van der Waals surface area (Å²) in [5, 5.41) is 1.48. The van der Waals surface area contributed by atoms with Crippen molar-refractivity contribution < 1.29 is 4.79 Å². The summed E-state index contributed by atoms with van der Waals surface area (Å²) >= 11 is 7.43. The maximum atomic E-state index is 12.5. The minimum atomic E-state index is -0.168. The standard InChI is InChI=1S/C27H24ClN3OS/c28-23-13-11-20(12-14-23)19-24-26(32)29-27(33-24)31-17-15-30(16-18-31)25(21-7-3-1-4-8-21)22-9-5-2-6-10-22/h1-14,19,25H,15-18H2/b24-19-. The number of nitrogens with zero attached hydrogens (tertiary/aromatic N) is 3. The number of thioether (sulfide) groups is 1. The molecule has 1 saturated heterocycles. The largest absolute Gasteiger partial charge is 0.348 e. The highest BCUT2D eigenvalue weighted by molar-refractivity contribution is 8.18. The van der Waals surface area contributed by atoms with Gasteiger partial charge >= 0.3 is 0 Å². The molecule has 33 heavy (non-hydrogen) atoms. The van der Waals surface area contributed by atoms with Crippen LogP contribution in [-0.4, -0.2) is 47.1 Å². The van der Waals surface area contributed by atoms with Gasteiger partial charge in [-0.05, 0) is 46.7 Å². The summed E-state index contributed by atoms with van der Waals surface area (Å²) < 4.78 is 0. The van der Waals surface area contributed by atoms with Gasteiger partial charge in [-0.3, -0.25) is 9.69 Å². The number of carbonyl (C=O) groups is 1. The molecule has 1 fully saturated rings. The van der Waals surface area contributed by atoms with Gasteiger partial charge in [-0.2, -0.15) is 4.99 Å². The second-order valence-electron chi connectivity index (χ2n) is 8.11. The van der Waals surface area contributed by atoms with E-state index < -0.39 is 0 Å². The zero-order chi connectivity index (χ0) is 22.6. The number of hydrogen-bond acceptors (Lipinski definition) is 4. The minimum absolute atomic E-state index is 0.168. The van der Waals surface area contributed by atoms with E-state index in [-0.39, 0.29) is 11.9 Å². The van der Waals surface area contributed by atoms with Gasteiger partial charge < -0.3 is 4.90 Å². The molecule has 0 spiro atoms. The quantitative estimate of drug-likeness (QED) is 0.454. The van der Waals surface area contributed by atoms with E-state index in [9.17, 15) is 4.79 Å². The maximum absolute atomic E-state index is 12.5. The number of carbonyl (C=O) groups excluding carboxylic acids is 1. The van der Waals surface area contributed by atoms with Crippen LogP contribution >= 0.6 is 23.4 Å². The van der Waals surface area contributed by atoms with Crippen LogP contribution in [-0.2, 0) is 4.79 Å². The lowest BCUT2D eigenvalue weighted by Crippen LogP contribution is -2.49. The van der Waals surface area contributed by atoms with Crippen LogP contribution in [0.25, 0.3) is 6.08 Å². The molecule has 0 aromatic heterocycles. The number of hydrogen-bond donors (Lipinski definition) is 0. The summed E-state index contributed by atoms with van der Waals surface area (Å²) in [6, 6.07) is 29.0. The van der Waals surface area contributed by atoms with Gasteiger partial charge in [0.1, 0.15) is 0 Å². The van der Waals surface area contributed by atoms with Crippen molar-refractivity contribution in [2.24, 2.45) is 4.99 Å². The lowest BCUT2D eigenvalue weighted by atomic mass is 9.96. The lowest BCUT2D eigenvalue weighted by Gasteiger charge is -2.40. The van der Waals surface area contributed by atoms with E-state index >= 15 is 0 Å². The van der Waals surface area contributed by atoms with E-state index in [1.54, 1.807) is 0 Å². The van der Waals surface area contributed by atoms with Gasteiger partial charge in [-0.25, -0.2) is 0 Å². The second kappa shape index (κ2) is 9.96. The Kier molecular flexibility index (Phi) is 6.63. The number of benzene rings is 3. The number of aliphatic imine (C=N–C) groups is 1. The average molecular weight is 474 g/mol. The van der Waals surface area contributed by atoms with E-state index in [4.69, 9.17) is 11.6 Å². The van der Waals surface area contributed by atoms with Crippen LogP contribution in [0, 0.1) is 0 Å². The van der Waals surface area contributed by atoms with Crippen molar-refractivity contribution in [2.75, 3.05) is 26.2 Å². The fraction of sp³-hybridized carbons (Fsp3) is 0.185. The monoisotopic (exact) mass is 473 g/mol. The molecule has 5 rings (SSSR count). The van der Waals surface area contributed by atoms with Crippen LogP contribution in [0.2, 0.25) is 5.02 Å². The first kappa shape index (κ1) is 22.0. The Morgan fingerprint density at radius 3 is 1.97 bits per heavy atom. The molecular weight excluding hydrogens is 450 g/mol. The zero-order valence-electron chi connectivity index (χ0n) is 18.1. The van der Waals surface area contributed by atoms with Gasteiger partial charge in [0.25, 0.3) is 5.91 Å². The van der Waals surface area contributed by atoms with Crippen molar-refractivity contribution >= 4 is 40.5 Å². The maximum Gasteiger partial charge on any atom is 0.286 e. The molecule has 2 heterocycles. The first-order valence-corrected chi connectivity index (χ1v) is 12.2. The van der Waals surface area contributed by atoms with Gasteiger partial charge in [0.2, 0.25) is 0 Å². The Morgan fingerprint density at radius 2 is 1.39 bits per heavy atom. The topological polar surface area (TPSA) is 35.9 Å². The molecule has 0 radical (unpaired) electrons. The van der Waals surface area contributed by atoms with E-state index in [2.05, 4.69) is 75.5 Å². The van der Waals surface area contributed by atoms with Crippen LogP contribution in [0.3, 0.4) is 0 Å². The second-order valence-corrected chi connectivity index (χ2v) is 9.55. The molecule has 0 aliphatic carbocycles. The lowest BCUT2D eigenvalue weighted by molar-refractivity contribution is -0.113. The van der Waals surface area contributed by atoms with Crippen molar-refractivity contribution in [3.8, 4) is 0 Å². The van der Waals surface area contributed by atoms with Crippen LogP contribution in [0.1, 0.15) is 22.7 Å². The normalized spacial score (nSPS) is 18.2. The summed E-state index contributed by atoms with van der Waals surface area (Å²) in [6.45, 7) is 3.48. The molecular formula is C27H24ClN3OS. The molecule has 3 aromatic carbocycles. The van der Waals surface area contributed by atoms with Crippen molar-refractivity contribution in [2.45, 2.75) is 6.04 Å². The molecule has 166 valence electrons. The van der Waals surface area contributed by atoms with Crippen molar-refractivity contribution in [3.63, 3.8) is 0 Å². The van der Waals surface area contributed by atoms with Crippen LogP contribution in [0.5, 0.6) is 0 Å². The number of amidine groups is 1. The highest BCUT2D eigenvalue weighted by Crippen LogP contribution is 2.33. The van der Waals surface area contributed by atoms with Gasteiger partial charge in [-0.15, -0.1) is 0 Å². The van der Waals surface area contributed by atoms with E-state index in [0.717, 1.165) is 36.9 Å². The predicted molar refractivity (Wildman–Crippen MR) is 137 cm³/mol. The first-order chi connectivity index (χ1) is 16.2. The number of halogens is 1. The fourth-order valence-corrected chi connectivity index (χ4v) is 5.39. The van der Waals surface area contributed by atoms with Gasteiger partial charge in [0.15, 0.2) is 5.17 Å². The third-order valence-electron chi connectivity index (χ3n) is 5.96. The Balaban J connectivity index is 1.28. The third-order valence-corrected chi connectivity index (χ3v) is 7.25. The average Bonchev–Trinajstić information content (AvgIpc) is 3.22. The molecule has 4 nitrogen and oxygen atoms in total. The fourth-order valence-electron chi connectivity index (χ4n) is 4.30. The molecule has 0 atom stereocenters. The van der Waals surface area contributed by atoms with Crippen LogP contribution in [0.4, 0.5) is 0 Å². The Bertz CT molecular complexity index is 1130. The number of amides is 1.